The van der Waals surface area contributed by atoms with E-state index in [0.29, 0.717) is 12.8 Å². The number of benzene rings is 1. The first-order chi connectivity index (χ1) is 13.4. The first kappa shape index (κ1) is 20.2. The highest BCUT2D eigenvalue weighted by atomic mass is 32.2. The van der Waals surface area contributed by atoms with Crippen molar-refractivity contribution in [2.75, 3.05) is 19.0 Å². The topological polar surface area (TPSA) is 99.5 Å². The van der Waals surface area contributed by atoms with E-state index in [1.54, 1.807) is 13.1 Å². The number of carbonyl (C=O) groups is 3. The Morgan fingerprint density at radius 2 is 2.04 bits per heavy atom. The molecule has 2 amide bonds. The maximum absolute atomic E-state index is 12.4. The summed E-state index contributed by atoms with van der Waals surface area (Å²) in [5.74, 6) is -1.26. The Bertz CT molecular complexity index is 814. The van der Waals surface area contributed by atoms with Gasteiger partial charge in [0.15, 0.2) is 6.61 Å². The molecule has 1 N–H and O–H groups in total. The molecule has 0 spiro atoms. The number of ether oxygens (including phenoxy) is 1. The van der Waals surface area contributed by atoms with Crippen LogP contribution < -0.4 is 5.32 Å². The van der Waals surface area contributed by atoms with Crippen LogP contribution >= 0.6 is 11.8 Å². The minimum atomic E-state index is -0.815. The Balaban J connectivity index is 1.52. The number of nitriles is 1. The highest BCUT2D eigenvalue weighted by Crippen LogP contribution is 2.36. The second-order valence-electron chi connectivity index (χ2n) is 7.11. The number of thioether (sulfide) groups is 1. The second-order valence-corrected chi connectivity index (χ2v) is 8.36. The molecule has 1 aliphatic carbocycles. The molecule has 0 aromatic heterocycles. The summed E-state index contributed by atoms with van der Waals surface area (Å²) < 4.78 is 5.11. The van der Waals surface area contributed by atoms with E-state index in [4.69, 9.17) is 4.74 Å². The van der Waals surface area contributed by atoms with Crippen LogP contribution in [-0.2, 0) is 19.1 Å². The van der Waals surface area contributed by atoms with Crippen molar-refractivity contribution in [2.45, 2.75) is 54.2 Å². The van der Waals surface area contributed by atoms with Gasteiger partial charge in [-0.2, -0.15) is 5.26 Å². The molecule has 3 rings (SSSR count). The van der Waals surface area contributed by atoms with E-state index in [1.807, 2.05) is 18.2 Å². The first-order valence-electron chi connectivity index (χ1n) is 9.35. The number of amides is 2. The molecule has 7 nitrogen and oxygen atoms in total. The monoisotopic (exact) mass is 401 g/mol. The highest BCUT2D eigenvalue weighted by Gasteiger charge is 2.39. The zero-order valence-corrected chi connectivity index (χ0v) is 16.6. The van der Waals surface area contributed by atoms with E-state index >= 15 is 0 Å². The number of hydrogen-bond donors (Lipinski definition) is 1. The Morgan fingerprint density at radius 1 is 1.32 bits per heavy atom. The average Bonchev–Trinajstić information content (AvgIpc) is 2.72. The molecule has 0 saturated heterocycles. The van der Waals surface area contributed by atoms with Crippen LogP contribution in [0, 0.1) is 11.3 Å². The predicted molar refractivity (Wildman–Crippen MR) is 104 cm³/mol. The normalized spacial score (nSPS) is 20.3. The van der Waals surface area contributed by atoms with Crippen LogP contribution in [0.2, 0.25) is 0 Å². The van der Waals surface area contributed by atoms with Crippen LogP contribution in [0.25, 0.3) is 0 Å². The number of esters is 1. The third-order valence-electron chi connectivity index (χ3n) is 5.32. The number of nitrogens with zero attached hydrogens (tertiary/aromatic N) is 2. The minimum Gasteiger partial charge on any atom is -0.456 e. The van der Waals surface area contributed by atoms with Gasteiger partial charge in [0.1, 0.15) is 5.54 Å². The van der Waals surface area contributed by atoms with E-state index in [1.165, 1.54) is 16.7 Å². The summed E-state index contributed by atoms with van der Waals surface area (Å²) in [6, 6.07) is 9.65. The molecule has 1 atom stereocenters. The average molecular weight is 401 g/mol. The highest BCUT2D eigenvalue weighted by molar-refractivity contribution is 8.01. The summed E-state index contributed by atoms with van der Waals surface area (Å²) in [7, 11) is 1.59. The van der Waals surface area contributed by atoms with Gasteiger partial charge in [-0.3, -0.25) is 14.4 Å². The molecule has 2 aliphatic rings. The van der Waals surface area contributed by atoms with E-state index in [-0.39, 0.29) is 12.3 Å². The fourth-order valence-electron chi connectivity index (χ4n) is 3.57. The number of carbonyl (C=O) groups excluding carboxylic acids is 3. The van der Waals surface area contributed by atoms with Crippen molar-refractivity contribution in [3.05, 3.63) is 24.3 Å². The van der Waals surface area contributed by atoms with Crippen LogP contribution in [0.5, 0.6) is 0 Å². The summed E-state index contributed by atoms with van der Waals surface area (Å²) in [6.07, 6.45) is 4.02. The number of hydrogen-bond acceptors (Lipinski definition) is 6. The van der Waals surface area contributed by atoms with Gasteiger partial charge in [0.25, 0.3) is 5.91 Å². The quantitative estimate of drug-likeness (QED) is 0.762. The van der Waals surface area contributed by atoms with Crippen LogP contribution in [0.15, 0.2) is 29.2 Å². The van der Waals surface area contributed by atoms with Gasteiger partial charge in [-0.25, -0.2) is 0 Å². The van der Waals surface area contributed by atoms with Gasteiger partial charge in [-0.05, 0) is 25.0 Å². The van der Waals surface area contributed by atoms with E-state index in [9.17, 15) is 19.6 Å². The van der Waals surface area contributed by atoms with E-state index in [0.717, 1.165) is 29.8 Å². The fraction of sp³-hybridized carbons (Fsp3) is 0.500. The zero-order valence-electron chi connectivity index (χ0n) is 15.8. The molecule has 1 aliphatic heterocycles. The predicted octanol–water partition coefficient (Wildman–Crippen LogP) is 2.72. The van der Waals surface area contributed by atoms with Gasteiger partial charge < -0.3 is 15.0 Å². The Kier molecular flexibility index (Phi) is 6.25. The maximum Gasteiger partial charge on any atom is 0.307 e. The molecule has 0 bridgehead atoms. The number of nitrogens with one attached hydrogen (secondary N) is 1. The Morgan fingerprint density at radius 3 is 2.75 bits per heavy atom. The Hall–Kier alpha value is -2.53. The van der Waals surface area contributed by atoms with Crippen molar-refractivity contribution < 1.29 is 19.1 Å². The van der Waals surface area contributed by atoms with Gasteiger partial charge in [-0.15, -0.1) is 11.8 Å². The SMILES string of the molecule is CN(C(=O)COC(=O)C[C@@H]1Sc2ccccc2NC1=O)C1(C#N)CCCCC1. The van der Waals surface area contributed by atoms with Gasteiger partial charge in [-0.1, -0.05) is 31.4 Å². The number of fused-ring (bicyclic) bond motifs is 1. The molecule has 8 heteroatoms. The van der Waals surface area contributed by atoms with Crippen LogP contribution in [0.1, 0.15) is 38.5 Å². The zero-order chi connectivity index (χ0) is 20.1. The molecule has 148 valence electrons. The lowest BCUT2D eigenvalue weighted by molar-refractivity contribution is -0.153. The molecular weight excluding hydrogens is 378 g/mol. The molecular formula is C20H23N3O4S. The molecule has 1 aromatic rings. The van der Waals surface area contributed by atoms with Crippen LogP contribution in [-0.4, -0.2) is 47.1 Å². The van der Waals surface area contributed by atoms with Gasteiger partial charge in [0.05, 0.1) is 23.4 Å². The van der Waals surface area contributed by atoms with Crippen molar-refractivity contribution in [1.29, 1.82) is 5.26 Å². The standard InChI is InChI=1S/C20H23N3O4S/c1-23(20(13-21)9-5-2-6-10-20)17(24)12-27-18(25)11-16-19(26)22-14-7-3-4-8-15(14)28-16/h3-4,7-8,16H,2,5-6,9-12H2,1H3,(H,22,26)/t16-/m0/s1. The summed E-state index contributed by atoms with van der Waals surface area (Å²) in [6.45, 7) is -0.422. The summed E-state index contributed by atoms with van der Waals surface area (Å²) in [5.41, 5.74) is -0.0851. The molecule has 28 heavy (non-hydrogen) atoms. The van der Waals surface area contributed by atoms with Gasteiger partial charge in [0.2, 0.25) is 5.91 Å². The summed E-state index contributed by atoms with van der Waals surface area (Å²) in [5, 5.41) is 11.7. The lowest BCUT2D eigenvalue weighted by Gasteiger charge is -2.38. The number of anilines is 1. The second kappa shape index (κ2) is 8.65. The fourth-order valence-corrected chi connectivity index (χ4v) is 4.67. The Labute approximate surface area is 168 Å². The van der Waals surface area contributed by atoms with Crippen molar-refractivity contribution in [1.82, 2.24) is 4.90 Å². The first-order valence-corrected chi connectivity index (χ1v) is 10.2. The van der Waals surface area contributed by atoms with Gasteiger partial charge >= 0.3 is 5.97 Å². The minimum absolute atomic E-state index is 0.120. The molecule has 0 unspecified atom stereocenters. The number of rotatable bonds is 5. The van der Waals surface area contributed by atoms with Crippen LogP contribution in [0.3, 0.4) is 0 Å². The third-order valence-corrected chi connectivity index (χ3v) is 6.60. The molecule has 1 aromatic carbocycles. The lowest BCUT2D eigenvalue weighted by Crippen LogP contribution is -2.51. The van der Waals surface area contributed by atoms with Crippen molar-refractivity contribution in [2.24, 2.45) is 0 Å². The van der Waals surface area contributed by atoms with Crippen molar-refractivity contribution >= 4 is 35.2 Å². The van der Waals surface area contributed by atoms with Crippen molar-refractivity contribution in [3.8, 4) is 6.07 Å². The molecule has 1 heterocycles. The van der Waals surface area contributed by atoms with Crippen LogP contribution in [0.4, 0.5) is 5.69 Å². The number of para-hydroxylation sites is 1. The largest absolute Gasteiger partial charge is 0.456 e. The lowest BCUT2D eigenvalue weighted by atomic mass is 9.81. The smallest absolute Gasteiger partial charge is 0.307 e. The van der Waals surface area contributed by atoms with Gasteiger partial charge in [0, 0.05) is 11.9 Å². The molecule has 1 saturated carbocycles. The third kappa shape index (κ3) is 4.30. The molecule has 1 fully saturated rings. The summed E-state index contributed by atoms with van der Waals surface area (Å²) >= 11 is 1.31. The van der Waals surface area contributed by atoms with E-state index < -0.39 is 29.3 Å². The van der Waals surface area contributed by atoms with E-state index in [2.05, 4.69) is 11.4 Å². The molecule has 0 radical (unpaired) electrons. The summed E-state index contributed by atoms with van der Waals surface area (Å²) in [4.78, 5) is 39.1. The number of likely N-dealkylation sites (N-methyl/N-ethyl adjacent to an activating group) is 1. The maximum atomic E-state index is 12.4. The van der Waals surface area contributed by atoms with Crippen molar-refractivity contribution in [3.63, 3.8) is 0 Å².